The van der Waals surface area contributed by atoms with E-state index < -0.39 is 0 Å². The molecule has 0 aromatic heterocycles. The van der Waals surface area contributed by atoms with Gasteiger partial charge in [0.1, 0.15) is 0 Å². The van der Waals surface area contributed by atoms with Crippen LogP contribution in [0.4, 0.5) is 0 Å². The first-order valence-electron chi connectivity index (χ1n) is 5.56. The van der Waals surface area contributed by atoms with Crippen LogP contribution >= 0.6 is 27.5 Å². The van der Waals surface area contributed by atoms with E-state index in [1.807, 2.05) is 38.1 Å². The van der Waals surface area contributed by atoms with Gasteiger partial charge in [0.2, 0.25) is 0 Å². The van der Waals surface area contributed by atoms with E-state index in [9.17, 15) is 4.79 Å². The minimum atomic E-state index is 0.0139. The molecule has 92 valence electrons. The van der Waals surface area contributed by atoms with E-state index in [1.54, 1.807) is 12.1 Å². The predicted molar refractivity (Wildman–Crippen MR) is 78.5 cm³/mol. The fourth-order valence-corrected chi connectivity index (χ4v) is 2.51. The quantitative estimate of drug-likeness (QED) is 0.715. The summed E-state index contributed by atoms with van der Waals surface area (Å²) in [6, 6.07) is 11.0. The van der Waals surface area contributed by atoms with Gasteiger partial charge in [0.05, 0.1) is 0 Å². The van der Waals surface area contributed by atoms with Crippen molar-refractivity contribution in [3.63, 3.8) is 0 Å². The highest BCUT2D eigenvalue weighted by molar-refractivity contribution is 9.10. The van der Waals surface area contributed by atoms with Gasteiger partial charge in [0, 0.05) is 20.6 Å². The van der Waals surface area contributed by atoms with Crippen LogP contribution in [-0.4, -0.2) is 5.78 Å². The van der Waals surface area contributed by atoms with Crippen LogP contribution in [0.5, 0.6) is 0 Å². The zero-order valence-corrected chi connectivity index (χ0v) is 12.5. The number of ketones is 1. The molecule has 2 aromatic carbocycles. The molecule has 18 heavy (non-hydrogen) atoms. The van der Waals surface area contributed by atoms with Crippen LogP contribution in [0, 0.1) is 13.8 Å². The zero-order valence-electron chi connectivity index (χ0n) is 10.1. The van der Waals surface area contributed by atoms with Gasteiger partial charge in [0.25, 0.3) is 0 Å². The Hall–Kier alpha value is -1.12. The van der Waals surface area contributed by atoms with E-state index in [2.05, 4.69) is 15.9 Å². The molecule has 0 saturated carbocycles. The molecule has 0 N–H and O–H groups in total. The summed E-state index contributed by atoms with van der Waals surface area (Å²) in [6.07, 6.45) is 0. The molecule has 0 atom stereocenters. The van der Waals surface area contributed by atoms with E-state index in [1.165, 1.54) is 0 Å². The van der Waals surface area contributed by atoms with E-state index >= 15 is 0 Å². The van der Waals surface area contributed by atoms with Gasteiger partial charge >= 0.3 is 0 Å². The summed E-state index contributed by atoms with van der Waals surface area (Å²) in [6.45, 7) is 3.84. The Kier molecular flexibility index (Phi) is 3.88. The number of halogens is 2. The Morgan fingerprint density at radius 1 is 1.00 bits per heavy atom. The molecule has 0 bridgehead atoms. The van der Waals surface area contributed by atoms with Crippen LogP contribution in [0.2, 0.25) is 5.02 Å². The fourth-order valence-electron chi connectivity index (χ4n) is 1.87. The Morgan fingerprint density at radius 2 is 1.72 bits per heavy atom. The summed E-state index contributed by atoms with van der Waals surface area (Å²) in [7, 11) is 0. The molecule has 2 aromatic rings. The fraction of sp³-hybridized carbons (Fsp3) is 0.133. The van der Waals surface area contributed by atoms with Gasteiger partial charge in [-0.2, -0.15) is 0 Å². The van der Waals surface area contributed by atoms with Crippen LogP contribution in [-0.2, 0) is 0 Å². The van der Waals surface area contributed by atoms with Crippen molar-refractivity contribution in [3.05, 3.63) is 68.1 Å². The van der Waals surface area contributed by atoms with Crippen molar-refractivity contribution < 1.29 is 4.79 Å². The SMILES string of the molecule is Cc1cc(Br)ccc1C(=O)c1cc(Cl)ccc1C. The maximum atomic E-state index is 12.5. The van der Waals surface area contributed by atoms with Gasteiger partial charge in [0.15, 0.2) is 5.78 Å². The Bertz CT molecular complexity index is 620. The number of carbonyl (C=O) groups is 1. The molecular weight excluding hydrogens is 312 g/mol. The van der Waals surface area contributed by atoms with E-state index in [4.69, 9.17) is 11.6 Å². The highest BCUT2D eigenvalue weighted by atomic mass is 79.9. The van der Waals surface area contributed by atoms with Crippen LogP contribution in [0.15, 0.2) is 40.9 Å². The molecule has 0 radical (unpaired) electrons. The van der Waals surface area contributed by atoms with E-state index in [0.29, 0.717) is 16.1 Å². The maximum Gasteiger partial charge on any atom is 0.193 e. The number of hydrogen-bond acceptors (Lipinski definition) is 1. The molecule has 0 spiro atoms. The Balaban J connectivity index is 2.51. The van der Waals surface area contributed by atoms with Gasteiger partial charge in [-0.3, -0.25) is 4.79 Å². The van der Waals surface area contributed by atoms with E-state index in [-0.39, 0.29) is 5.78 Å². The third kappa shape index (κ3) is 2.65. The molecule has 0 aliphatic carbocycles. The topological polar surface area (TPSA) is 17.1 Å². The number of hydrogen-bond donors (Lipinski definition) is 0. The molecule has 0 saturated heterocycles. The third-order valence-electron chi connectivity index (χ3n) is 2.88. The predicted octanol–water partition coefficient (Wildman–Crippen LogP) is 4.95. The van der Waals surface area contributed by atoms with Crippen molar-refractivity contribution in [1.29, 1.82) is 0 Å². The third-order valence-corrected chi connectivity index (χ3v) is 3.61. The van der Waals surface area contributed by atoms with Crippen LogP contribution < -0.4 is 0 Å². The van der Waals surface area contributed by atoms with Gasteiger partial charge in [-0.25, -0.2) is 0 Å². The maximum absolute atomic E-state index is 12.5. The number of rotatable bonds is 2. The molecular formula is C15H12BrClO. The normalized spacial score (nSPS) is 10.4. The summed E-state index contributed by atoms with van der Waals surface area (Å²) in [5, 5.41) is 0.582. The van der Waals surface area contributed by atoms with Crippen molar-refractivity contribution in [2.45, 2.75) is 13.8 Å². The van der Waals surface area contributed by atoms with Crippen LogP contribution in [0.25, 0.3) is 0 Å². The first kappa shape index (κ1) is 13.3. The minimum Gasteiger partial charge on any atom is -0.289 e. The molecule has 0 amide bonds. The average Bonchev–Trinajstić information content (AvgIpc) is 2.31. The van der Waals surface area contributed by atoms with Gasteiger partial charge in [-0.05, 0) is 55.3 Å². The summed E-state index contributed by atoms with van der Waals surface area (Å²) in [5.74, 6) is 0.0139. The highest BCUT2D eigenvalue weighted by Crippen LogP contribution is 2.22. The molecule has 0 fully saturated rings. The van der Waals surface area contributed by atoms with Gasteiger partial charge in [-0.1, -0.05) is 33.6 Å². The van der Waals surface area contributed by atoms with Crippen molar-refractivity contribution >= 4 is 33.3 Å². The summed E-state index contributed by atoms with van der Waals surface area (Å²) in [4.78, 5) is 12.5. The van der Waals surface area contributed by atoms with Crippen molar-refractivity contribution in [2.24, 2.45) is 0 Å². The lowest BCUT2D eigenvalue weighted by molar-refractivity contribution is 0.103. The largest absolute Gasteiger partial charge is 0.289 e. The van der Waals surface area contributed by atoms with Gasteiger partial charge in [-0.15, -0.1) is 0 Å². The summed E-state index contributed by atoms with van der Waals surface area (Å²) in [5.41, 5.74) is 3.26. The second-order valence-electron chi connectivity index (χ2n) is 4.25. The van der Waals surface area contributed by atoms with Crippen molar-refractivity contribution in [2.75, 3.05) is 0 Å². The molecule has 0 heterocycles. The standard InChI is InChI=1S/C15H12BrClO/c1-9-3-5-12(17)8-14(9)15(18)13-6-4-11(16)7-10(13)2/h3-8H,1-2H3. The van der Waals surface area contributed by atoms with Crippen molar-refractivity contribution in [3.8, 4) is 0 Å². The lowest BCUT2D eigenvalue weighted by Gasteiger charge is -2.08. The highest BCUT2D eigenvalue weighted by Gasteiger charge is 2.14. The monoisotopic (exact) mass is 322 g/mol. The number of aryl methyl sites for hydroxylation is 2. The summed E-state index contributed by atoms with van der Waals surface area (Å²) >= 11 is 9.35. The molecule has 0 aliphatic rings. The molecule has 2 rings (SSSR count). The van der Waals surface area contributed by atoms with E-state index in [0.717, 1.165) is 15.6 Å². The molecule has 3 heteroatoms. The first-order chi connectivity index (χ1) is 8.49. The number of carbonyl (C=O) groups excluding carboxylic acids is 1. The Labute approximate surface area is 120 Å². The lowest BCUT2D eigenvalue weighted by Crippen LogP contribution is -2.05. The summed E-state index contributed by atoms with van der Waals surface area (Å²) < 4.78 is 0.972. The molecule has 1 nitrogen and oxygen atoms in total. The molecule has 0 aliphatic heterocycles. The second kappa shape index (κ2) is 5.25. The smallest absolute Gasteiger partial charge is 0.193 e. The van der Waals surface area contributed by atoms with Crippen LogP contribution in [0.1, 0.15) is 27.0 Å². The zero-order chi connectivity index (χ0) is 13.3. The minimum absolute atomic E-state index is 0.0139. The number of benzene rings is 2. The molecule has 0 unspecified atom stereocenters. The first-order valence-corrected chi connectivity index (χ1v) is 6.73. The Morgan fingerprint density at radius 3 is 2.39 bits per heavy atom. The van der Waals surface area contributed by atoms with Crippen LogP contribution in [0.3, 0.4) is 0 Å². The second-order valence-corrected chi connectivity index (χ2v) is 5.60. The van der Waals surface area contributed by atoms with Crippen molar-refractivity contribution in [1.82, 2.24) is 0 Å². The van der Waals surface area contributed by atoms with Gasteiger partial charge < -0.3 is 0 Å². The lowest BCUT2D eigenvalue weighted by atomic mass is 9.96. The average molecular weight is 324 g/mol.